The Bertz CT molecular complexity index is 517. The molecule has 2 aromatic rings. The van der Waals surface area contributed by atoms with E-state index in [2.05, 4.69) is 39.9 Å². The van der Waals surface area contributed by atoms with E-state index in [0.29, 0.717) is 5.11 Å². The first-order valence-corrected chi connectivity index (χ1v) is 7.97. The van der Waals surface area contributed by atoms with Gasteiger partial charge in [-0.2, -0.15) is 11.8 Å². The van der Waals surface area contributed by atoms with Gasteiger partial charge in [0.1, 0.15) is 0 Å². The molecule has 0 aliphatic carbocycles. The Morgan fingerprint density at radius 2 is 2.00 bits per heavy atom. The van der Waals surface area contributed by atoms with E-state index >= 15 is 0 Å². The number of aromatic nitrogens is 1. The van der Waals surface area contributed by atoms with Crippen LogP contribution in [0.3, 0.4) is 0 Å². The van der Waals surface area contributed by atoms with Crippen molar-refractivity contribution in [3.8, 4) is 0 Å². The minimum Gasteiger partial charge on any atom is -0.362 e. The van der Waals surface area contributed by atoms with Gasteiger partial charge in [-0.3, -0.25) is 4.98 Å². The van der Waals surface area contributed by atoms with Crippen LogP contribution >= 0.6 is 24.0 Å². The van der Waals surface area contributed by atoms with E-state index in [0.717, 1.165) is 23.7 Å². The lowest BCUT2D eigenvalue weighted by Gasteiger charge is -2.09. The normalized spacial score (nSPS) is 10.0. The largest absolute Gasteiger partial charge is 0.362 e. The lowest BCUT2D eigenvalue weighted by atomic mass is 10.2. The van der Waals surface area contributed by atoms with Gasteiger partial charge in [-0.15, -0.1) is 0 Å². The maximum absolute atomic E-state index is 5.22. The van der Waals surface area contributed by atoms with Gasteiger partial charge in [0.15, 0.2) is 5.11 Å². The molecular weight excluding hydrogens is 286 g/mol. The van der Waals surface area contributed by atoms with Crippen LogP contribution in [-0.4, -0.2) is 22.4 Å². The third kappa shape index (κ3) is 5.59. The monoisotopic (exact) mass is 303 g/mol. The molecule has 104 valence electrons. The van der Waals surface area contributed by atoms with Gasteiger partial charge in [0.2, 0.25) is 0 Å². The van der Waals surface area contributed by atoms with E-state index in [1.165, 1.54) is 5.56 Å². The van der Waals surface area contributed by atoms with Crippen LogP contribution in [0, 0.1) is 0 Å². The molecule has 1 aromatic carbocycles. The first-order valence-electron chi connectivity index (χ1n) is 6.41. The topological polar surface area (TPSA) is 37.0 Å². The zero-order valence-corrected chi connectivity index (χ0v) is 12.7. The molecule has 0 spiro atoms. The molecule has 0 aliphatic heterocycles. The summed E-state index contributed by atoms with van der Waals surface area (Å²) in [6, 6.07) is 14.3. The Balaban J connectivity index is 1.58. The lowest BCUT2D eigenvalue weighted by molar-refractivity contribution is 0.989. The maximum atomic E-state index is 5.22. The smallest absolute Gasteiger partial charge is 0.170 e. The molecule has 0 bridgehead atoms. The van der Waals surface area contributed by atoms with Gasteiger partial charge in [0, 0.05) is 24.2 Å². The summed E-state index contributed by atoms with van der Waals surface area (Å²) >= 11 is 7.11. The molecule has 1 aromatic heterocycles. The summed E-state index contributed by atoms with van der Waals surface area (Å²) in [4.78, 5) is 4.03. The average Bonchev–Trinajstić information content (AvgIpc) is 2.49. The van der Waals surface area contributed by atoms with E-state index in [1.807, 2.05) is 30.0 Å². The van der Waals surface area contributed by atoms with Crippen LogP contribution in [0.5, 0.6) is 0 Å². The molecule has 0 radical (unpaired) electrons. The second-order valence-electron chi connectivity index (χ2n) is 4.16. The molecule has 1 heterocycles. The number of hydrogen-bond donors (Lipinski definition) is 2. The first kappa shape index (κ1) is 14.8. The maximum Gasteiger partial charge on any atom is 0.170 e. The summed E-state index contributed by atoms with van der Waals surface area (Å²) < 4.78 is 0. The van der Waals surface area contributed by atoms with Crippen molar-refractivity contribution < 1.29 is 0 Å². The fourth-order valence-corrected chi connectivity index (χ4v) is 2.65. The highest BCUT2D eigenvalue weighted by Gasteiger charge is 1.97. The van der Waals surface area contributed by atoms with Crippen molar-refractivity contribution in [3.63, 3.8) is 0 Å². The summed E-state index contributed by atoms with van der Waals surface area (Å²) in [5.74, 6) is 2.05. The van der Waals surface area contributed by atoms with Gasteiger partial charge in [0.05, 0.1) is 11.9 Å². The van der Waals surface area contributed by atoms with Crippen LogP contribution in [0.1, 0.15) is 5.56 Å². The van der Waals surface area contributed by atoms with Gasteiger partial charge < -0.3 is 10.6 Å². The molecule has 0 aliphatic rings. The van der Waals surface area contributed by atoms with Crippen molar-refractivity contribution in [3.05, 3.63) is 60.4 Å². The van der Waals surface area contributed by atoms with E-state index in [1.54, 1.807) is 12.4 Å². The Kier molecular flexibility index (Phi) is 6.34. The fraction of sp³-hybridized carbons (Fsp3) is 0.200. The molecule has 0 saturated heterocycles. The molecule has 0 atom stereocenters. The molecular formula is C15H17N3S2. The SMILES string of the molecule is S=C(NCCSCc1ccccc1)Nc1cccnc1. The predicted octanol–water partition coefficient (Wildman–Crippen LogP) is 3.30. The zero-order chi connectivity index (χ0) is 14.0. The van der Waals surface area contributed by atoms with Crippen molar-refractivity contribution in [2.45, 2.75) is 5.75 Å². The summed E-state index contributed by atoms with van der Waals surface area (Å²) in [6.45, 7) is 0.851. The van der Waals surface area contributed by atoms with E-state index in [-0.39, 0.29) is 0 Å². The second-order valence-corrected chi connectivity index (χ2v) is 5.67. The van der Waals surface area contributed by atoms with Crippen molar-refractivity contribution in [2.24, 2.45) is 0 Å². The van der Waals surface area contributed by atoms with Crippen LogP contribution in [0.2, 0.25) is 0 Å². The third-order valence-corrected chi connectivity index (χ3v) is 3.84. The third-order valence-electron chi connectivity index (χ3n) is 2.56. The molecule has 0 saturated carbocycles. The summed E-state index contributed by atoms with van der Waals surface area (Å²) in [7, 11) is 0. The minimum atomic E-state index is 0.637. The zero-order valence-electron chi connectivity index (χ0n) is 11.1. The van der Waals surface area contributed by atoms with Crippen molar-refractivity contribution >= 4 is 34.8 Å². The highest BCUT2D eigenvalue weighted by molar-refractivity contribution is 7.98. The van der Waals surface area contributed by atoms with Crippen molar-refractivity contribution in [1.82, 2.24) is 10.3 Å². The molecule has 0 fully saturated rings. The van der Waals surface area contributed by atoms with E-state index in [9.17, 15) is 0 Å². The van der Waals surface area contributed by atoms with E-state index < -0.39 is 0 Å². The number of pyridine rings is 1. The molecule has 2 N–H and O–H groups in total. The highest BCUT2D eigenvalue weighted by atomic mass is 32.2. The standard InChI is InChI=1S/C15H17N3S2/c19-15(18-14-7-4-8-16-11-14)17-9-10-20-12-13-5-2-1-3-6-13/h1-8,11H,9-10,12H2,(H2,17,18,19). The van der Waals surface area contributed by atoms with Gasteiger partial charge in [-0.25, -0.2) is 0 Å². The van der Waals surface area contributed by atoms with Gasteiger partial charge >= 0.3 is 0 Å². The molecule has 20 heavy (non-hydrogen) atoms. The number of hydrogen-bond acceptors (Lipinski definition) is 3. The van der Waals surface area contributed by atoms with Crippen LogP contribution in [0.15, 0.2) is 54.9 Å². The first-order chi connectivity index (χ1) is 9.84. The number of anilines is 1. The molecule has 5 heteroatoms. The fourth-order valence-electron chi connectivity index (χ4n) is 1.61. The van der Waals surface area contributed by atoms with Crippen LogP contribution in [0.25, 0.3) is 0 Å². The number of nitrogens with zero attached hydrogens (tertiary/aromatic N) is 1. The predicted molar refractivity (Wildman–Crippen MR) is 91.1 cm³/mol. The highest BCUT2D eigenvalue weighted by Crippen LogP contribution is 2.10. The van der Waals surface area contributed by atoms with E-state index in [4.69, 9.17) is 12.2 Å². The van der Waals surface area contributed by atoms with Gasteiger partial charge in [0.25, 0.3) is 0 Å². The van der Waals surface area contributed by atoms with Crippen molar-refractivity contribution in [1.29, 1.82) is 0 Å². The number of benzene rings is 1. The molecule has 2 rings (SSSR count). The minimum absolute atomic E-state index is 0.637. The van der Waals surface area contributed by atoms with Crippen molar-refractivity contribution in [2.75, 3.05) is 17.6 Å². The quantitative estimate of drug-likeness (QED) is 0.632. The van der Waals surface area contributed by atoms with Gasteiger partial charge in [-0.05, 0) is 29.9 Å². The number of thioether (sulfide) groups is 1. The Hall–Kier alpha value is -1.59. The number of nitrogens with one attached hydrogen (secondary N) is 2. The Labute approximate surface area is 129 Å². The molecule has 0 amide bonds. The molecule has 3 nitrogen and oxygen atoms in total. The summed E-state index contributed by atoms with van der Waals surface area (Å²) in [6.07, 6.45) is 3.49. The Morgan fingerprint density at radius 3 is 2.75 bits per heavy atom. The van der Waals surface area contributed by atoms with Gasteiger partial charge in [-0.1, -0.05) is 30.3 Å². The second kappa shape index (κ2) is 8.55. The number of thiocarbonyl (C=S) groups is 1. The Morgan fingerprint density at radius 1 is 1.15 bits per heavy atom. The number of rotatable bonds is 6. The van der Waals surface area contributed by atoms with Crippen LogP contribution < -0.4 is 10.6 Å². The lowest BCUT2D eigenvalue weighted by Crippen LogP contribution is -2.30. The van der Waals surface area contributed by atoms with Crippen LogP contribution in [0.4, 0.5) is 5.69 Å². The average molecular weight is 303 g/mol. The summed E-state index contributed by atoms with van der Waals surface area (Å²) in [5, 5.41) is 6.93. The molecule has 0 unspecified atom stereocenters. The summed E-state index contributed by atoms with van der Waals surface area (Å²) in [5.41, 5.74) is 2.26. The van der Waals surface area contributed by atoms with Crippen LogP contribution in [-0.2, 0) is 5.75 Å².